The van der Waals surface area contributed by atoms with Crippen LogP contribution >= 0.6 is 11.6 Å². The van der Waals surface area contributed by atoms with Crippen LogP contribution in [0.1, 0.15) is 19.3 Å². The number of nitrogen functional groups attached to an aromatic ring is 1. The Morgan fingerprint density at radius 1 is 1.55 bits per heavy atom. The van der Waals surface area contributed by atoms with Gasteiger partial charge in [-0.05, 0) is 32.5 Å². The second-order valence-corrected chi connectivity index (χ2v) is 7.19. The number of likely N-dealkylation sites (tertiary alicyclic amines) is 1. The fourth-order valence-corrected chi connectivity index (χ4v) is 3.54. The first-order valence-corrected chi connectivity index (χ1v) is 8.37. The maximum atomic E-state index is 12.2. The lowest BCUT2D eigenvalue weighted by atomic mass is 10.0. The molecule has 6 nitrogen and oxygen atoms in total. The molecule has 1 saturated heterocycles. The molecule has 0 aromatic carbocycles. The normalized spacial score (nSPS) is 21.0. The molecule has 0 amide bonds. The van der Waals surface area contributed by atoms with Crippen molar-refractivity contribution in [3.8, 4) is 0 Å². The predicted octanol–water partition coefficient (Wildman–Crippen LogP) is 1.08. The van der Waals surface area contributed by atoms with Crippen molar-refractivity contribution in [2.24, 2.45) is 0 Å². The summed E-state index contributed by atoms with van der Waals surface area (Å²) in [6.07, 6.45) is 4.51. The number of hydrogen-bond donors (Lipinski definition) is 2. The summed E-state index contributed by atoms with van der Waals surface area (Å²) >= 11 is 5.80. The fraction of sp³-hybridized carbons (Fsp3) is 0.583. The van der Waals surface area contributed by atoms with Gasteiger partial charge in [-0.25, -0.2) is 18.1 Å². The Labute approximate surface area is 124 Å². The summed E-state index contributed by atoms with van der Waals surface area (Å²) in [6.45, 7) is 1.39. The number of nitrogens with two attached hydrogens (primary N) is 1. The number of halogens is 1. The van der Waals surface area contributed by atoms with Gasteiger partial charge < -0.3 is 10.6 Å². The summed E-state index contributed by atoms with van der Waals surface area (Å²) in [4.78, 5) is 5.99. The lowest BCUT2D eigenvalue weighted by Gasteiger charge is -2.32. The number of pyridine rings is 1. The minimum Gasteiger partial charge on any atom is -0.382 e. The Kier molecular flexibility index (Phi) is 4.85. The van der Waals surface area contributed by atoms with Crippen LogP contribution in [0.3, 0.4) is 0 Å². The average molecular weight is 319 g/mol. The van der Waals surface area contributed by atoms with Gasteiger partial charge in [0.2, 0.25) is 10.0 Å². The van der Waals surface area contributed by atoms with E-state index in [-0.39, 0.29) is 21.8 Å². The molecule has 2 rings (SSSR count). The van der Waals surface area contributed by atoms with Crippen molar-refractivity contribution in [2.45, 2.75) is 30.2 Å². The van der Waals surface area contributed by atoms with E-state index >= 15 is 0 Å². The molecule has 1 unspecified atom stereocenters. The lowest BCUT2D eigenvalue weighted by Crippen LogP contribution is -2.44. The van der Waals surface area contributed by atoms with Gasteiger partial charge in [0.05, 0.1) is 5.02 Å². The molecule has 0 aliphatic carbocycles. The molecule has 2 heterocycles. The van der Waals surface area contributed by atoms with E-state index in [9.17, 15) is 8.42 Å². The van der Waals surface area contributed by atoms with Gasteiger partial charge in [-0.2, -0.15) is 0 Å². The summed E-state index contributed by atoms with van der Waals surface area (Å²) in [5.74, 6) is 0.123. The van der Waals surface area contributed by atoms with Crippen LogP contribution in [-0.2, 0) is 10.0 Å². The van der Waals surface area contributed by atoms with Crippen LogP contribution in [0.15, 0.2) is 17.2 Å². The number of rotatable bonds is 4. The topological polar surface area (TPSA) is 88.3 Å². The maximum absolute atomic E-state index is 12.2. The highest BCUT2D eigenvalue weighted by molar-refractivity contribution is 7.89. The van der Waals surface area contributed by atoms with Gasteiger partial charge in [-0.15, -0.1) is 0 Å². The molecule has 1 atom stereocenters. The number of nitrogens with zero attached hydrogens (tertiary/aromatic N) is 2. The van der Waals surface area contributed by atoms with E-state index in [0.29, 0.717) is 6.54 Å². The van der Waals surface area contributed by atoms with Crippen molar-refractivity contribution >= 4 is 27.4 Å². The van der Waals surface area contributed by atoms with Crippen molar-refractivity contribution in [3.05, 3.63) is 17.3 Å². The zero-order valence-electron chi connectivity index (χ0n) is 11.3. The zero-order chi connectivity index (χ0) is 14.8. The van der Waals surface area contributed by atoms with Crippen LogP contribution in [0.5, 0.6) is 0 Å². The molecule has 8 heteroatoms. The maximum Gasteiger partial charge on any atom is 0.242 e. The Morgan fingerprint density at radius 2 is 2.30 bits per heavy atom. The minimum atomic E-state index is -3.60. The van der Waals surface area contributed by atoms with Crippen LogP contribution in [0.2, 0.25) is 5.02 Å². The van der Waals surface area contributed by atoms with Gasteiger partial charge in [0.1, 0.15) is 10.7 Å². The summed E-state index contributed by atoms with van der Waals surface area (Å²) in [5.41, 5.74) is 5.48. The van der Waals surface area contributed by atoms with Gasteiger partial charge in [0.15, 0.2) is 0 Å². The van der Waals surface area contributed by atoms with E-state index in [4.69, 9.17) is 17.3 Å². The quantitative estimate of drug-likeness (QED) is 0.867. The number of hydrogen-bond acceptors (Lipinski definition) is 5. The van der Waals surface area contributed by atoms with Crippen LogP contribution < -0.4 is 10.5 Å². The summed E-state index contributed by atoms with van der Waals surface area (Å²) in [5, 5.41) is 0.141. The molecule has 0 bridgehead atoms. The SMILES string of the molecule is CN1CCCCC1CNS(=O)(=O)c1cnc(N)c(Cl)c1. The molecule has 3 N–H and O–H groups in total. The van der Waals surface area contributed by atoms with Crippen LogP contribution in [0, 0.1) is 0 Å². The fourth-order valence-electron chi connectivity index (χ4n) is 2.27. The molecule has 20 heavy (non-hydrogen) atoms. The zero-order valence-corrected chi connectivity index (χ0v) is 12.9. The number of piperidine rings is 1. The molecule has 1 aliphatic rings. The monoisotopic (exact) mass is 318 g/mol. The van der Waals surface area contributed by atoms with Gasteiger partial charge in [-0.3, -0.25) is 0 Å². The third kappa shape index (κ3) is 3.60. The molecule has 0 spiro atoms. The van der Waals surface area contributed by atoms with Gasteiger partial charge in [0, 0.05) is 18.8 Å². The second kappa shape index (κ2) is 6.26. The molecule has 1 aromatic rings. The third-order valence-corrected chi connectivity index (χ3v) is 5.28. The second-order valence-electron chi connectivity index (χ2n) is 5.02. The van der Waals surface area contributed by atoms with Crippen LogP contribution in [-0.4, -0.2) is 44.5 Å². The van der Waals surface area contributed by atoms with Crippen molar-refractivity contribution < 1.29 is 8.42 Å². The molecule has 1 aromatic heterocycles. The number of likely N-dealkylation sites (N-methyl/N-ethyl adjacent to an activating group) is 1. The van der Waals surface area contributed by atoms with Gasteiger partial charge >= 0.3 is 0 Å². The Bertz CT molecular complexity index is 579. The van der Waals surface area contributed by atoms with Crippen LogP contribution in [0.25, 0.3) is 0 Å². The summed E-state index contributed by atoms with van der Waals surface area (Å²) in [7, 11) is -1.59. The highest BCUT2D eigenvalue weighted by Gasteiger charge is 2.22. The smallest absolute Gasteiger partial charge is 0.242 e. The van der Waals surface area contributed by atoms with Crippen molar-refractivity contribution in [3.63, 3.8) is 0 Å². The molecule has 1 fully saturated rings. The van der Waals surface area contributed by atoms with E-state index < -0.39 is 10.0 Å². The van der Waals surface area contributed by atoms with Gasteiger partial charge in [0.25, 0.3) is 0 Å². The average Bonchev–Trinajstić information content (AvgIpc) is 2.41. The van der Waals surface area contributed by atoms with E-state index in [1.54, 1.807) is 0 Å². The Morgan fingerprint density at radius 3 is 2.95 bits per heavy atom. The van der Waals surface area contributed by atoms with E-state index in [2.05, 4.69) is 14.6 Å². The molecule has 0 saturated carbocycles. The highest BCUT2D eigenvalue weighted by atomic mass is 35.5. The molecule has 112 valence electrons. The third-order valence-electron chi connectivity index (χ3n) is 3.59. The lowest BCUT2D eigenvalue weighted by molar-refractivity contribution is 0.187. The Hall–Kier alpha value is -0.890. The van der Waals surface area contributed by atoms with Crippen molar-refractivity contribution in [2.75, 3.05) is 25.9 Å². The van der Waals surface area contributed by atoms with Gasteiger partial charge in [-0.1, -0.05) is 18.0 Å². The molecular formula is C12H19ClN4O2S. The number of aromatic nitrogens is 1. The van der Waals surface area contributed by atoms with E-state index in [0.717, 1.165) is 25.8 Å². The van der Waals surface area contributed by atoms with Crippen LogP contribution in [0.4, 0.5) is 5.82 Å². The standard InChI is InChI=1S/C12H19ClN4O2S/c1-17-5-3-2-4-9(17)7-16-20(18,19)10-6-11(13)12(14)15-8-10/h6,8-9,16H,2-5,7H2,1H3,(H2,14,15). The number of anilines is 1. The minimum absolute atomic E-state index is 0.0372. The molecule has 0 radical (unpaired) electrons. The van der Waals surface area contributed by atoms with Crippen molar-refractivity contribution in [1.82, 2.24) is 14.6 Å². The van der Waals surface area contributed by atoms with E-state index in [1.165, 1.54) is 12.3 Å². The summed E-state index contributed by atoms with van der Waals surface area (Å²) in [6, 6.07) is 1.55. The largest absolute Gasteiger partial charge is 0.382 e. The number of sulfonamides is 1. The molecular weight excluding hydrogens is 300 g/mol. The first-order chi connectivity index (χ1) is 9.40. The Balaban J connectivity index is 2.05. The summed E-state index contributed by atoms with van der Waals surface area (Å²) < 4.78 is 27.0. The first-order valence-electron chi connectivity index (χ1n) is 6.51. The highest BCUT2D eigenvalue weighted by Crippen LogP contribution is 2.20. The van der Waals surface area contributed by atoms with Crippen molar-refractivity contribution in [1.29, 1.82) is 0 Å². The number of nitrogens with one attached hydrogen (secondary N) is 1. The first kappa shape index (κ1) is 15.5. The molecule has 1 aliphatic heterocycles. The predicted molar refractivity (Wildman–Crippen MR) is 79.1 cm³/mol. The van der Waals surface area contributed by atoms with E-state index in [1.807, 2.05) is 7.05 Å².